The highest BCUT2D eigenvalue weighted by molar-refractivity contribution is 6.36. The monoisotopic (exact) mass is 254 g/mol. The van der Waals surface area contributed by atoms with Crippen LogP contribution in [0.4, 0.5) is 5.82 Å². The highest BCUT2D eigenvalue weighted by Gasteiger charge is 2.23. The Morgan fingerprint density at radius 3 is 3.06 bits per heavy atom. The van der Waals surface area contributed by atoms with E-state index in [-0.39, 0.29) is 5.84 Å². The van der Waals surface area contributed by atoms with Crippen molar-refractivity contribution < 1.29 is 5.21 Å². The third-order valence-electron chi connectivity index (χ3n) is 2.98. The van der Waals surface area contributed by atoms with Crippen molar-refractivity contribution in [1.82, 2.24) is 4.98 Å². The van der Waals surface area contributed by atoms with E-state index in [1.165, 1.54) is 0 Å². The zero-order valence-electron chi connectivity index (χ0n) is 9.60. The highest BCUT2D eigenvalue weighted by atomic mass is 35.5. The molecule has 17 heavy (non-hydrogen) atoms. The van der Waals surface area contributed by atoms with Gasteiger partial charge in [0.05, 0.1) is 5.02 Å². The first-order chi connectivity index (χ1) is 8.13. The summed E-state index contributed by atoms with van der Waals surface area (Å²) in [6.07, 6.45) is 2.75. The maximum absolute atomic E-state index is 8.68. The molecule has 3 N–H and O–H groups in total. The number of aromatic nitrogens is 1. The number of amidine groups is 1. The SMILES string of the molecule is CC1CCN(c2nccc(/C(N)=N/O)c2Cl)C1. The Morgan fingerprint density at radius 1 is 1.71 bits per heavy atom. The Labute approximate surface area is 105 Å². The Morgan fingerprint density at radius 2 is 2.47 bits per heavy atom. The van der Waals surface area contributed by atoms with Crippen molar-refractivity contribution in [2.45, 2.75) is 13.3 Å². The molecule has 0 aromatic carbocycles. The van der Waals surface area contributed by atoms with Gasteiger partial charge in [-0.3, -0.25) is 0 Å². The molecule has 1 aliphatic heterocycles. The van der Waals surface area contributed by atoms with Gasteiger partial charge in [-0.2, -0.15) is 0 Å². The molecule has 0 spiro atoms. The molecule has 6 heteroatoms. The average Bonchev–Trinajstić information content (AvgIpc) is 2.75. The summed E-state index contributed by atoms with van der Waals surface area (Å²) < 4.78 is 0. The van der Waals surface area contributed by atoms with Gasteiger partial charge in [0.2, 0.25) is 0 Å². The fourth-order valence-electron chi connectivity index (χ4n) is 2.03. The molecule has 1 atom stereocenters. The number of oxime groups is 1. The standard InChI is InChI=1S/C11H15ClN4O/c1-7-3-5-16(6-7)11-9(12)8(2-4-14-11)10(13)15-17/h2,4,7,17H,3,5-6H2,1H3,(H2,13,15). The van der Waals surface area contributed by atoms with Crippen LogP contribution in [0.5, 0.6) is 0 Å². The van der Waals surface area contributed by atoms with Crippen LogP contribution in [0.15, 0.2) is 17.4 Å². The molecule has 1 aromatic rings. The van der Waals surface area contributed by atoms with Gasteiger partial charge in [0.15, 0.2) is 5.84 Å². The molecule has 5 nitrogen and oxygen atoms in total. The molecule has 0 amide bonds. The third-order valence-corrected chi connectivity index (χ3v) is 3.35. The van der Waals surface area contributed by atoms with Gasteiger partial charge in [-0.1, -0.05) is 23.7 Å². The molecule has 92 valence electrons. The molecular formula is C11H15ClN4O. The summed E-state index contributed by atoms with van der Waals surface area (Å²) in [6.45, 7) is 4.07. The molecule has 2 rings (SSSR count). The second kappa shape index (κ2) is 4.79. The van der Waals surface area contributed by atoms with E-state index in [1.54, 1.807) is 12.3 Å². The van der Waals surface area contributed by atoms with Gasteiger partial charge in [0.1, 0.15) is 5.82 Å². The second-order valence-electron chi connectivity index (χ2n) is 4.32. The van der Waals surface area contributed by atoms with E-state index in [4.69, 9.17) is 22.5 Å². The van der Waals surface area contributed by atoms with Crippen molar-refractivity contribution >= 4 is 23.3 Å². The molecule has 0 bridgehead atoms. The molecule has 0 saturated carbocycles. The van der Waals surface area contributed by atoms with E-state index < -0.39 is 0 Å². The van der Waals surface area contributed by atoms with Gasteiger partial charge in [0, 0.05) is 24.8 Å². The lowest BCUT2D eigenvalue weighted by Gasteiger charge is -2.19. The number of anilines is 1. The average molecular weight is 255 g/mol. The maximum Gasteiger partial charge on any atom is 0.171 e. The van der Waals surface area contributed by atoms with E-state index >= 15 is 0 Å². The summed E-state index contributed by atoms with van der Waals surface area (Å²) in [6, 6.07) is 1.64. The number of nitrogens with zero attached hydrogens (tertiary/aromatic N) is 3. The van der Waals surface area contributed by atoms with Crippen molar-refractivity contribution in [3.05, 3.63) is 22.8 Å². The normalized spacial score (nSPS) is 20.9. The smallest absolute Gasteiger partial charge is 0.171 e. The molecule has 0 radical (unpaired) electrons. The van der Waals surface area contributed by atoms with Crippen LogP contribution in [0.3, 0.4) is 0 Å². The first-order valence-corrected chi connectivity index (χ1v) is 5.88. The summed E-state index contributed by atoms with van der Waals surface area (Å²) >= 11 is 6.23. The molecule has 1 aliphatic rings. The third kappa shape index (κ3) is 2.29. The molecular weight excluding hydrogens is 240 g/mol. The zero-order valence-corrected chi connectivity index (χ0v) is 10.4. The topological polar surface area (TPSA) is 74.7 Å². The lowest BCUT2D eigenvalue weighted by Crippen LogP contribution is -2.22. The summed E-state index contributed by atoms with van der Waals surface area (Å²) in [5, 5.41) is 12.1. The van der Waals surface area contributed by atoms with Crippen molar-refractivity contribution in [2.24, 2.45) is 16.8 Å². The Kier molecular flexibility index (Phi) is 3.38. The number of rotatable bonds is 2. The maximum atomic E-state index is 8.68. The molecule has 0 aliphatic carbocycles. The first kappa shape index (κ1) is 12.0. The van der Waals surface area contributed by atoms with Gasteiger partial charge in [-0.25, -0.2) is 4.98 Å². The van der Waals surface area contributed by atoms with Gasteiger partial charge in [-0.15, -0.1) is 0 Å². The van der Waals surface area contributed by atoms with Crippen molar-refractivity contribution in [1.29, 1.82) is 0 Å². The number of hydrogen-bond acceptors (Lipinski definition) is 4. The number of pyridine rings is 1. The van der Waals surface area contributed by atoms with E-state index in [2.05, 4.69) is 22.0 Å². The van der Waals surface area contributed by atoms with Crippen LogP contribution in [0, 0.1) is 5.92 Å². The molecule has 2 heterocycles. The molecule has 1 saturated heterocycles. The Bertz CT molecular complexity index is 449. The van der Waals surface area contributed by atoms with Crippen LogP contribution in [0.1, 0.15) is 18.9 Å². The van der Waals surface area contributed by atoms with E-state index in [9.17, 15) is 0 Å². The fraction of sp³-hybridized carbons (Fsp3) is 0.455. The van der Waals surface area contributed by atoms with Crippen molar-refractivity contribution in [3.63, 3.8) is 0 Å². The van der Waals surface area contributed by atoms with Crippen LogP contribution in [-0.4, -0.2) is 29.1 Å². The first-order valence-electron chi connectivity index (χ1n) is 5.50. The minimum absolute atomic E-state index is 0.00546. The fourth-order valence-corrected chi connectivity index (χ4v) is 2.36. The van der Waals surface area contributed by atoms with Gasteiger partial charge in [-0.05, 0) is 18.4 Å². The quantitative estimate of drug-likeness (QED) is 0.364. The zero-order chi connectivity index (χ0) is 12.4. The Hall–Kier alpha value is -1.49. The van der Waals surface area contributed by atoms with E-state index in [0.717, 1.165) is 19.5 Å². The Balaban J connectivity index is 2.36. The molecule has 1 aromatic heterocycles. The highest BCUT2D eigenvalue weighted by Crippen LogP contribution is 2.30. The summed E-state index contributed by atoms with van der Waals surface area (Å²) in [7, 11) is 0. The predicted molar refractivity (Wildman–Crippen MR) is 67.8 cm³/mol. The van der Waals surface area contributed by atoms with Crippen LogP contribution in [0.25, 0.3) is 0 Å². The second-order valence-corrected chi connectivity index (χ2v) is 4.70. The van der Waals surface area contributed by atoms with Crippen LogP contribution < -0.4 is 10.6 Å². The lowest BCUT2D eigenvalue weighted by molar-refractivity contribution is 0.318. The summed E-state index contributed by atoms with van der Waals surface area (Å²) in [5.74, 6) is 1.35. The minimum atomic E-state index is 0.00546. The number of halogens is 1. The van der Waals surface area contributed by atoms with Gasteiger partial charge < -0.3 is 15.8 Å². The minimum Gasteiger partial charge on any atom is -0.409 e. The van der Waals surface area contributed by atoms with Crippen LogP contribution in [-0.2, 0) is 0 Å². The number of hydrogen-bond donors (Lipinski definition) is 2. The van der Waals surface area contributed by atoms with Gasteiger partial charge >= 0.3 is 0 Å². The van der Waals surface area contributed by atoms with Gasteiger partial charge in [0.25, 0.3) is 0 Å². The van der Waals surface area contributed by atoms with E-state index in [0.29, 0.717) is 22.3 Å². The summed E-state index contributed by atoms with van der Waals surface area (Å²) in [5.41, 5.74) is 6.07. The molecule has 1 unspecified atom stereocenters. The van der Waals surface area contributed by atoms with Crippen molar-refractivity contribution in [3.8, 4) is 0 Å². The van der Waals surface area contributed by atoms with Crippen molar-refractivity contribution in [2.75, 3.05) is 18.0 Å². The largest absolute Gasteiger partial charge is 0.409 e. The lowest BCUT2D eigenvalue weighted by atomic mass is 10.2. The van der Waals surface area contributed by atoms with Crippen LogP contribution in [0.2, 0.25) is 5.02 Å². The van der Waals surface area contributed by atoms with Crippen LogP contribution >= 0.6 is 11.6 Å². The summed E-state index contributed by atoms with van der Waals surface area (Å²) in [4.78, 5) is 6.40. The predicted octanol–water partition coefficient (Wildman–Crippen LogP) is 1.68. The molecule has 1 fully saturated rings. The number of nitrogens with two attached hydrogens (primary N) is 1. The van der Waals surface area contributed by atoms with E-state index in [1.807, 2.05) is 0 Å².